The predicted molar refractivity (Wildman–Crippen MR) is 116 cm³/mol. The molecule has 0 aliphatic carbocycles. The van der Waals surface area contributed by atoms with Gasteiger partial charge in [-0.1, -0.05) is 23.7 Å². The summed E-state index contributed by atoms with van der Waals surface area (Å²) >= 11 is 6.04. The zero-order valence-corrected chi connectivity index (χ0v) is 18.3. The van der Waals surface area contributed by atoms with Crippen LogP contribution in [0.1, 0.15) is 34.3 Å². The van der Waals surface area contributed by atoms with Gasteiger partial charge < -0.3 is 19.7 Å². The summed E-state index contributed by atoms with van der Waals surface area (Å²) in [6.45, 7) is 5.07. The first-order chi connectivity index (χ1) is 14.4. The number of piperidine rings is 1. The van der Waals surface area contributed by atoms with Crippen LogP contribution in [-0.2, 0) is 4.79 Å². The van der Waals surface area contributed by atoms with Gasteiger partial charge in [0.1, 0.15) is 11.5 Å². The average Bonchev–Trinajstić information content (AvgIpc) is 2.75. The molecule has 0 spiro atoms. The molecule has 1 heterocycles. The lowest BCUT2D eigenvalue weighted by atomic mass is 10.0. The zero-order chi connectivity index (χ0) is 21.7. The largest absolute Gasteiger partial charge is 0.496 e. The Morgan fingerprint density at radius 2 is 1.87 bits per heavy atom. The third-order valence-electron chi connectivity index (χ3n) is 5.45. The van der Waals surface area contributed by atoms with Gasteiger partial charge in [0.15, 0.2) is 6.61 Å². The average molecular weight is 431 g/mol. The Kier molecular flexibility index (Phi) is 7.21. The Balaban J connectivity index is 1.49. The van der Waals surface area contributed by atoms with E-state index in [4.69, 9.17) is 21.1 Å². The Morgan fingerprint density at radius 3 is 2.57 bits per heavy atom. The van der Waals surface area contributed by atoms with E-state index in [2.05, 4.69) is 5.32 Å². The van der Waals surface area contributed by atoms with E-state index in [0.717, 1.165) is 16.9 Å². The van der Waals surface area contributed by atoms with Crippen LogP contribution in [0.4, 0.5) is 0 Å². The van der Waals surface area contributed by atoms with Crippen LogP contribution in [0.2, 0.25) is 5.02 Å². The number of halogens is 1. The molecule has 0 bridgehead atoms. The number of rotatable bonds is 6. The fourth-order valence-electron chi connectivity index (χ4n) is 3.54. The fourth-order valence-corrected chi connectivity index (χ4v) is 3.71. The van der Waals surface area contributed by atoms with Gasteiger partial charge in [-0.15, -0.1) is 0 Å². The topological polar surface area (TPSA) is 67.9 Å². The number of nitrogens with one attached hydrogen (secondary N) is 1. The van der Waals surface area contributed by atoms with Crippen molar-refractivity contribution in [1.29, 1.82) is 0 Å². The first kappa shape index (κ1) is 22.0. The van der Waals surface area contributed by atoms with Crippen molar-refractivity contribution >= 4 is 23.4 Å². The van der Waals surface area contributed by atoms with Gasteiger partial charge in [0, 0.05) is 24.2 Å². The van der Waals surface area contributed by atoms with E-state index in [9.17, 15) is 9.59 Å². The molecule has 1 aliphatic rings. The van der Waals surface area contributed by atoms with E-state index in [1.54, 1.807) is 23.1 Å². The van der Waals surface area contributed by atoms with Crippen molar-refractivity contribution in [2.75, 3.05) is 26.8 Å². The highest BCUT2D eigenvalue weighted by Gasteiger charge is 2.26. The monoisotopic (exact) mass is 430 g/mol. The van der Waals surface area contributed by atoms with Crippen molar-refractivity contribution in [3.05, 3.63) is 58.1 Å². The molecule has 0 unspecified atom stereocenters. The number of methoxy groups -OCH3 is 1. The van der Waals surface area contributed by atoms with Crippen molar-refractivity contribution in [1.82, 2.24) is 10.2 Å². The molecule has 0 atom stereocenters. The highest BCUT2D eigenvalue weighted by molar-refractivity contribution is 6.31. The predicted octanol–water partition coefficient (Wildman–Crippen LogP) is 3.77. The van der Waals surface area contributed by atoms with Crippen LogP contribution < -0.4 is 14.8 Å². The summed E-state index contributed by atoms with van der Waals surface area (Å²) in [6, 6.07) is 10.8. The summed E-state index contributed by atoms with van der Waals surface area (Å²) in [5.41, 5.74) is 2.62. The quantitative estimate of drug-likeness (QED) is 0.757. The molecule has 6 nitrogen and oxygen atoms in total. The van der Waals surface area contributed by atoms with Crippen molar-refractivity contribution in [2.24, 2.45) is 0 Å². The van der Waals surface area contributed by atoms with Gasteiger partial charge in [0.25, 0.3) is 11.8 Å². The minimum absolute atomic E-state index is 0.0185. The Hall–Kier alpha value is -2.73. The molecule has 160 valence electrons. The zero-order valence-electron chi connectivity index (χ0n) is 17.5. The number of aryl methyl sites for hydroxylation is 1. The molecule has 1 aliphatic heterocycles. The molecule has 2 aromatic carbocycles. The van der Waals surface area contributed by atoms with Gasteiger partial charge in [-0.3, -0.25) is 9.59 Å². The summed E-state index contributed by atoms with van der Waals surface area (Å²) in [5.74, 6) is 0.957. The number of likely N-dealkylation sites (tertiary alicyclic amines) is 1. The Bertz CT molecular complexity index is 923. The lowest BCUT2D eigenvalue weighted by molar-refractivity contribution is -0.124. The summed E-state index contributed by atoms with van der Waals surface area (Å²) in [4.78, 5) is 26.9. The first-order valence-electron chi connectivity index (χ1n) is 10.00. The molecule has 7 heteroatoms. The fraction of sp³-hybridized carbons (Fsp3) is 0.391. The number of ether oxygens (including phenoxy) is 2. The van der Waals surface area contributed by atoms with Crippen LogP contribution in [0.5, 0.6) is 11.5 Å². The number of nitrogens with zero attached hydrogens (tertiary/aromatic N) is 1. The molecular weight excluding hydrogens is 404 g/mol. The smallest absolute Gasteiger partial charge is 0.258 e. The maximum absolute atomic E-state index is 12.9. The highest BCUT2D eigenvalue weighted by atomic mass is 35.5. The van der Waals surface area contributed by atoms with Crippen LogP contribution >= 0.6 is 11.6 Å². The molecular formula is C23H27ClN2O4. The number of amides is 2. The van der Waals surface area contributed by atoms with E-state index >= 15 is 0 Å². The van der Waals surface area contributed by atoms with Gasteiger partial charge in [-0.25, -0.2) is 0 Å². The van der Waals surface area contributed by atoms with Gasteiger partial charge in [-0.05, 0) is 62.1 Å². The van der Waals surface area contributed by atoms with Crippen LogP contribution in [0.25, 0.3) is 0 Å². The van der Waals surface area contributed by atoms with Gasteiger partial charge in [0.05, 0.1) is 12.7 Å². The lowest BCUT2D eigenvalue weighted by Crippen LogP contribution is -2.47. The minimum Gasteiger partial charge on any atom is -0.496 e. The molecule has 1 fully saturated rings. The van der Waals surface area contributed by atoms with Crippen LogP contribution in [-0.4, -0.2) is 49.6 Å². The second-order valence-corrected chi connectivity index (χ2v) is 7.90. The Labute approximate surface area is 182 Å². The number of carbonyl (C=O) groups excluding carboxylic acids is 2. The second kappa shape index (κ2) is 9.85. The Morgan fingerprint density at radius 1 is 1.13 bits per heavy atom. The summed E-state index contributed by atoms with van der Waals surface area (Å²) < 4.78 is 11.0. The van der Waals surface area contributed by atoms with Gasteiger partial charge in [0.2, 0.25) is 0 Å². The maximum atomic E-state index is 12.9. The molecule has 2 amide bonds. The minimum atomic E-state index is -0.155. The molecule has 3 rings (SSSR count). The third kappa shape index (κ3) is 5.25. The van der Waals surface area contributed by atoms with Gasteiger partial charge >= 0.3 is 0 Å². The highest BCUT2D eigenvalue weighted by Crippen LogP contribution is 2.25. The molecule has 0 saturated carbocycles. The van der Waals surface area contributed by atoms with Crippen molar-refractivity contribution in [3.63, 3.8) is 0 Å². The first-order valence-corrected chi connectivity index (χ1v) is 10.4. The molecule has 0 radical (unpaired) electrons. The molecule has 30 heavy (non-hydrogen) atoms. The van der Waals surface area contributed by atoms with Crippen LogP contribution in [0, 0.1) is 13.8 Å². The van der Waals surface area contributed by atoms with Crippen molar-refractivity contribution in [3.8, 4) is 11.5 Å². The summed E-state index contributed by atoms with van der Waals surface area (Å²) in [7, 11) is 1.53. The van der Waals surface area contributed by atoms with Crippen molar-refractivity contribution < 1.29 is 19.1 Å². The van der Waals surface area contributed by atoms with Crippen molar-refractivity contribution in [2.45, 2.75) is 32.7 Å². The summed E-state index contributed by atoms with van der Waals surface area (Å²) in [6.07, 6.45) is 1.37. The third-order valence-corrected chi connectivity index (χ3v) is 5.69. The van der Waals surface area contributed by atoms with E-state index in [1.165, 1.54) is 7.11 Å². The molecule has 0 aromatic heterocycles. The van der Waals surface area contributed by atoms with E-state index < -0.39 is 0 Å². The molecule has 2 aromatic rings. The SMILES string of the molecule is COc1ccc(Cl)cc1C(=O)N1CCC(NC(=O)COc2cccc(C)c2C)CC1. The summed E-state index contributed by atoms with van der Waals surface area (Å²) in [5, 5.41) is 3.50. The van der Waals surface area contributed by atoms with E-state index in [1.807, 2.05) is 32.0 Å². The lowest BCUT2D eigenvalue weighted by Gasteiger charge is -2.32. The standard InChI is InChI=1S/C23H27ClN2O4/c1-15-5-4-6-20(16(15)2)30-14-22(27)25-18-9-11-26(12-10-18)23(28)19-13-17(24)7-8-21(19)29-3/h4-8,13,18H,9-12,14H2,1-3H3,(H,25,27). The number of benzene rings is 2. The van der Waals surface area contributed by atoms with Crippen LogP contribution in [0.15, 0.2) is 36.4 Å². The number of hydrogen-bond acceptors (Lipinski definition) is 4. The van der Waals surface area contributed by atoms with Gasteiger partial charge in [-0.2, -0.15) is 0 Å². The number of hydrogen-bond donors (Lipinski definition) is 1. The molecule has 1 saturated heterocycles. The molecule has 1 N–H and O–H groups in total. The van der Waals surface area contributed by atoms with E-state index in [-0.39, 0.29) is 24.5 Å². The number of carbonyl (C=O) groups is 2. The van der Waals surface area contributed by atoms with E-state index in [0.29, 0.717) is 42.3 Å². The normalized spacial score (nSPS) is 14.3. The second-order valence-electron chi connectivity index (χ2n) is 7.47. The van der Waals surface area contributed by atoms with Crippen LogP contribution in [0.3, 0.4) is 0 Å². The maximum Gasteiger partial charge on any atom is 0.258 e.